The molecule has 0 bridgehead atoms. The Balaban J connectivity index is 1.44. The Bertz CT molecular complexity index is 1170. The summed E-state index contributed by atoms with van der Waals surface area (Å²) in [5.41, 5.74) is -0.0220. The number of amides is 1. The average molecular weight is 475 g/mol. The molecule has 1 saturated carbocycles. The third kappa shape index (κ3) is 5.03. The van der Waals surface area contributed by atoms with Gasteiger partial charge >= 0.3 is 12.3 Å². The van der Waals surface area contributed by atoms with Gasteiger partial charge in [-0.15, -0.1) is 13.2 Å². The number of carbonyl (C=O) groups excluding carboxylic acids is 1. The van der Waals surface area contributed by atoms with Crippen LogP contribution in [0.15, 0.2) is 53.1 Å². The van der Waals surface area contributed by atoms with Crippen LogP contribution in [0, 0.1) is 0 Å². The van der Waals surface area contributed by atoms with Crippen molar-refractivity contribution >= 4 is 17.6 Å². The van der Waals surface area contributed by atoms with Crippen LogP contribution in [-0.2, 0) is 10.2 Å². The standard InChI is InChI=1S/C23H20F3N3O5/c24-23(25,26)33-17-10-6-15(7-11-17)19(30)27-16-8-4-14(5-9-16)18-28-20(34-29-18)22(21(31)32)12-2-1-3-13-22/h4-11H,1-3,12-13H2,(H,27,30)(H,31,32). The maximum atomic E-state index is 12.4. The van der Waals surface area contributed by atoms with Crippen molar-refractivity contribution in [2.24, 2.45) is 0 Å². The van der Waals surface area contributed by atoms with Gasteiger partial charge in [-0.05, 0) is 61.4 Å². The van der Waals surface area contributed by atoms with Crippen LogP contribution in [0.5, 0.6) is 5.75 Å². The zero-order valence-electron chi connectivity index (χ0n) is 17.8. The van der Waals surface area contributed by atoms with E-state index in [1.54, 1.807) is 24.3 Å². The normalized spacial score (nSPS) is 15.5. The van der Waals surface area contributed by atoms with Gasteiger partial charge in [-0.3, -0.25) is 9.59 Å². The first-order valence-corrected chi connectivity index (χ1v) is 10.5. The van der Waals surface area contributed by atoms with Crippen LogP contribution < -0.4 is 10.1 Å². The maximum absolute atomic E-state index is 12.4. The Morgan fingerprint density at radius 3 is 2.24 bits per heavy atom. The minimum Gasteiger partial charge on any atom is -0.480 e. The first kappa shape index (κ1) is 23.3. The lowest BCUT2D eigenvalue weighted by atomic mass is 9.74. The zero-order valence-corrected chi connectivity index (χ0v) is 17.8. The number of nitrogens with one attached hydrogen (secondary N) is 1. The highest BCUT2D eigenvalue weighted by Gasteiger charge is 2.46. The van der Waals surface area contributed by atoms with Crippen molar-refractivity contribution in [3.05, 3.63) is 60.0 Å². The lowest BCUT2D eigenvalue weighted by Crippen LogP contribution is -2.38. The number of ether oxygens (including phenoxy) is 1. The van der Waals surface area contributed by atoms with E-state index < -0.39 is 29.4 Å². The van der Waals surface area contributed by atoms with E-state index in [0.29, 0.717) is 24.1 Å². The molecule has 1 amide bonds. The largest absolute Gasteiger partial charge is 0.573 e. The molecular formula is C23H20F3N3O5. The van der Waals surface area contributed by atoms with E-state index in [-0.39, 0.29) is 17.3 Å². The maximum Gasteiger partial charge on any atom is 0.573 e. The quantitative estimate of drug-likeness (QED) is 0.505. The first-order chi connectivity index (χ1) is 16.2. The Labute approximate surface area is 191 Å². The second kappa shape index (κ2) is 9.16. The minimum absolute atomic E-state index is 0.0880. The van der Waals surface area contributed by atoms with Gasteiger partial charge in [0.05, 0.1) is 0 Å². The number of anilines is 1. The topological polar surface area (TPSA) is 115 Å². The number of alkyl halides is 3. The molecule has 1 aliphatic carbocycles. The van der Waals surface area contributed by atoms with Crippen molar-refractivity contribution in [2.45, 2.75) is 43.9 Å². The summed E-state index contributed by atoms with van der Waals surface area (Å²) in [5, 5.41) is 16.3. The van der Waals surface area contributed by atoms with Crippen LogP contribution >= 0.6 is 0 Å². The van der Waals surface area contributed by atoms with Gasteiger partial charge in [-0.25, -0.2) is 0 Å². The fraction of sp³-hybridized carbons (Fsp3) is 0.304. The number of rotatable bonds is 6. The van der Waals surface area contributed by atoms with Crippen molar-refractivity contribution < 1.29 is 37.1 Å². The molecule has 11 heteroatoms. The number of carbonyl (C=O) groups is 2. The van der Waals surface area contributed by atoms with Gasteiger partial charge in [-0.2, -0.15) is 4.98 Å². The van der Waals surface area contributed by atoms with E-state index >= 15 is 0 Å². The number of hydrogen-bond donors (Lipinski definition) is 2. The summed E-state index contributed by atoms with van der Waals surface area (Å²) in [4.78, 5) is 28.6. The number of nitrogens with zero attached hydrogens (tertiary/aromatic N) is 2. The van der Waals surface area contributed by atoms with Crippen LogP contribution in [-0.4, -0.2) is 33.5 Å². The third-order valence-corrected chi connectivity index (χ3v) is 5.70. The van der Waals surface area contributed by atoms with E-state index in [1.807, 2.05) is 0 Å². The zero-order chi connectivity index (χ0) is 24.3. The number of carboxylic acid groups (broad SMARTS) is 1. The summed E-state index contributed by atoms with van der Waals surface area (Å²) in [6.07, 6.45) is -1.41. The Morgan fingerprint density at radius 2 is 1.65 bits per heavy atom. The van der Waals surface area contributed by atoms with Gasteiger partial charge in [0.2, 0.25) is 11.7 Å². The van der Waals surface area contributed by atoms with E-state index in [0.717, 1.165) is 31.4 Å². The minimum atomic E-state index is -4.81. The number of aliphatic carboxylic acids is 1. The molecule has 178 valence electrons. The molecule has 2 N–H and O–H groups in total. The summed E-state index contributed by atoms with van der Waals surface area (Å²) in [5.74, 6) is -1.59. The highest BCUT2D eigenvalue weighted by molar-refractivity contribution is 6.04. The summed E-state index contributed by atoms with van der Waals surface area (Å²) in [7, 11) is 0. The van der Waals surface area contributed by atoms with Crippen LogP contribution in [0.2, 0.25) is 0 Å². The number of hydrogen-bond acceptors (Lipinski definition) is 6. The summed E-state index contributed by atoms with van der Waals surface area (Å²) >= 11 is 0. The smallest absolute Gasteiger partial charge is 0.480 e. The molecule has 0 atom stereocenters. The Morgan fingerprint density at radius 1 is 1.00 bits per heavy atom. The van der Waals surface area contributed by atoms with E-state index in [9.17, 15) is 27.9 Å². The molecule has 4 rings (SSSR count). The van der Waals surface area contributed by atoms with Crippen molar-refractivity contribution in [3.63, 3.8) is 0 Å². The molecular weight excluding hydrogens is 455 g/mol. The second-order valence-corrected chi connectivity index (χ2v) is 7.97. The van der Waals surface area contributed by atoms with Crippen LogP contribution in [0.3, 0.4) is 0 Å². The van der Waals surface area contributed by atoms with Crippen molar-refractivity contribution in [3.8, 4) is 17.1 Å². The van der Waals surface area contributed by atoms with Crippen molar-refractivity contribution in [1.29, 1.82) is 0 Å². The number of halogens is 3. The molecule has 3 aromatic rings. The molecule has 1 heterocycles. The molecule has 0 spiro atoms. The lowest BCUT2D eigenvalue weighted by Gasteiger charge is -2.29. The van der Waals surface area contributed by atoms with Crippen LogP contribution in [0.25, 0.3) is 11.4 Å². The molecule has 2 aromatic carbocycles. The SMILES string of the molecule is O=C(Nc1ccc(-c2noc(C3(C(=O)O)CCCCC3)n2)cc1)c1ccc(OC(F)(F)F)cc1. The van der Waals surface area contributed by atoms with Crippen molar-refractivity contribution in [1.82, 2.24) is 10.1 Å². The Hall–Kier alpha value is -3.89. The molecule has 1 fully saturated rings. The van der Waals surface area contributed by atoms with Crippen LogP contribution in [0.1, 0.15) is 48.4 Å². The predicted molar refractivity (Wildman–Crippen MR) is 113 cm³/mol. The van der Waals surface area contributed by atoms with E-state index in [2.05, 4.69) is 20.2 Å². The van der Waals surface area contributed by atoms with Gasteiger partial charge in [0.1, 0.15) is 11.2 Å². The summed E-state index contributed by atoms with van der Waals surface area (Å²) in [6.45, 7) is 0. The van der Waals surface area contributed by atoms with Gasteiger partial charge in [0.15, 0.2) is 0 Å². The molecule has 0 aliphatic heterocycles. The summed E-state index contributed by atoms with van der Waals surface area (Å²) in [6, 6.07) is 11.0. The van der Waals surface area contributed by atoms with Gasteiger partial charge < -0.3 is 19.7 Å². The van der Waals surface area contributed by atoms with Gasteiger partial charge in [0.25, 0.3) is 5.91 Å². The molecule has 0 saturated heterocycles. The van der Waals surface area contributed by atoms with E-state index in [4.69, 9.17) is 4.52 Å². The van der Waals surface area contributed by atoms with Crippen LogP contribution in [0.4, 0.5) is 18.9 Å². The Kier molecular flexibility index (Phi) is 6.27. The first-order valence-electron chi connectivity index (χ1n) is 10.5. The monoisotopic (exact) mass is 475 g/mol. The second-order valence-electron chi connectivity index (χ2n) is 7.97. The number of carboxylic acids is 1. The molecule has 0 unspecified atom stereocenters. The fourth-order valence-electron chi connectivity index (χ4n) is 3.92. The average Bonchev–Trinajstić information content (AvgIpc) is 3.30. The fourth-order valence-corrected chi connectivity index (χ4v) is 3.92. The molecule has 8 nitrogen and oxygen atoms in total. The highest BCUT2D eigenvalue weighted by atomic mass is 19.4. The molecule has 0 radical (unpaired) electrons. The third-order valence-electron chi connectivity index (χ3n) is 5.70. The van der Waals surface area contributed by atoms with Gasteiger partial charge in [-0.1, -0.05) is 24.4 Å². The summed E-state index contributed by atoms with van der Waals surface area (Å²) < 4.78 is 45.9. The lowest BCUT2D eigenvalue weighted by molar-refractivity contribution is -0.274. The van der Waals surface area contributed by atoms with Gasteiger partial charge in [0, 0.05) is 16.8 Å². The molecule has 34 heavy (non-hydrogen) atoms. The molecule has 1 aliphatic rings. The van der Waals surface area contributed by atoms with E-state index in [1.165, 1.54) is 12.1 Å². The molecule has 1 aromatic heterocycles. The number of aromatic nitrogens is 2. The number of benzene rings is 2. The van der Waals surface area contributed by atoms with Crippen molar-refractivity contribution in [2.75, 3.05) is 5.32 Å². The predicted octanol–water partition coefficient (Wildman–Crippen LogP) is 5.17. The highest BCUT2D eigenvalue weighted by Crippen LogP contribution is 2.39.